The van der Waals surface area contributed by atoms with Gasteiger partial charge in [-0.1, -0.05) is 57.5 Å². The second-order valence-corrected chi connectivity index (χ2v) is 6.45. The minimum Gasteiger partial charge on any atom is -0.381 e. The first-order valence-corrected chi connectivity index (χ1v) is 7.94. The summed E-state index contributed by atoms with van der Waals surface area (Å²) in [6.45, 7) is 11.2. The molecule has 1 aromatic carbocycles. The molecule has 0 amide bonds. The lowest BCUT2D eigenvalue weighted by Gasteiger charge is -2.21. The minimum atomic E-state index is 0.401. The Kier molecular flexibility index (Phi) is 8.20. The van der Waals surface area contributed by atoms with Gasteiger partial charge in [0.1, 0.15) is 0 Å². The van der Waals surface area contributed by atoms with Crippen LogP contribution in [0, 0.1) is 5.92 Å². The maximum absolute atomic E-state index is 6.33. The van der Waals surface area contributed by atoms with Crippen molar-refractivity contribution in [3.8, 4) is 0 Å². The Morgan fingerprint density at radius 1 is 1.15 bits per heavy atom. The molecule has 0 aliphatic heterocycles. The number of halogens is 1. The van der Waals surface area contributed by atoms with Gasteiger partial charge in [0.05, 0.1) is 0 Å². The van der Waals surface area contributed by atoms with Gasteiger partial charge in [0.25, 0.3) is 0 Å². The minimum absolute atomic E-state index is 0.401. The second-order valence-electron chi connectivity index (χ2n) is 6.04. The highest BCUT2D eigenvalue weighted by atomic mass is 35.5. The third-order valence-electron chi connectivity index (χ3n) is 3.18. The summed E-state index contributed by atoms with van der Waals surface area (Å²) in [7, 11) is 0. The van der Waals surface area contributed by atoms with E-state index in [1.54, 1.807) is 0 Å². The molecule has 0 aliphatic rings. The molecule has 1 unspecified atom stereocenters. The van der Waals surface area contributed by atoms with Gasteiger partial charge in [-0.3, -0.25) is 0 Å². The van der Waals surface area contributed by atoms with E-state index in [-0.39, 0.29) is 0 Å². The van der Waals surface area contributed by atoms with Crippen molar-refractivity contribution in [2.24, 2.45) is 5.92 Å². The third kappa shape index (κ3) is 6.74. The normalized spacial score (nSPS) is 13.2. The molecule has 1 atom stereocenters. The third-order valence-corrected chi connectivity index (χ3v) is 3.52. The molecule has 0 fully saturated rings. The van der Waals surface area contributed by atoms with Crippen LogP contribution in [0.1, 0.15) is 45.6 Å². The SMILES string of the molecule is CC(C)COCCC(CNC(C)C)c1ccccc1Cl. The number of rotatable bonds is 9. The smallest absolute Gasteiger partial charge is 0.0488 e. The molecule has 1 N–H and O–H groups in total. The summed E-state index contributed by atoms with van der Waals surface area (Å²) in [4.78, 5) is 0. The first-order valence-electron chi connectivity index (χ1n) is 7.56. The summed E-state index contributed by atoms with van der Waals surface area (Å²) in [6, 6.07) is 8.61. The molecule has 0 aromatic heterocycles. The van der Waals surface area contributed by atoms with Gasteiger partial charge in [0.2, 0.25) is 0 Å². The lowest BCUT2D eigenvalue weighted by atomic mass is 9.95. The standard InChI is InChI=1S/C17H28ClNO/c1-13(2)12-20-10-9-15(11-19-14(3)4)16-7-5-6-8-17(16)18/h5-8,13-15,19H,9-12H2,1-4H3. The van der Waals surface area contributed by atoms with Crippen LogP contribution < -0.4 is 5.32 Å². The molecule has 0 saturated heterocycles. The van der Waals surface area contributed by atoms with Crippen molar-refractivity contribution < 1.29 is 4.74 Å². The van der Waals surface area contributed by atoms with Crippen molar-refractivity contribution in [1.29, 1.82) is 0 Å². The van der Waals surface area contributed by atoms with Crippen LogP contribution in [-0.4, -0.2) is 25.8 Å². The van der Waals surface area contributed by atoms with E-state index in [1.807, 2.05) is 12.1 Å². The van der Waals surface area contributed by atoms with E-state index >= 15 is 0 Å². The van der Waals surface area contributed by atoms with Gasteiger partial charge >= 0.3 is 0 Å². The van der Waals surface area contributed by atoms with E-state index in [9.17, 15) is 0 Å². The highest BCUT2D eigenvalue weighted by molar-refractivity contribution is 6.31. The number of hydrogen-bond acceptors (Lipinski definition) is 2. The highest BCUT2D eigenvalue weighted by Gasteiger charge is 2.15. The topological polar surface area (TPSA) is 21.3 Å². The van der Waals surface area contributed by atoms with E-state index in [1.165, 1.54) is 5.56 Å². The van der Waals surface area contributed by atoms with Gasteiger partial charge < -0.3 is 10.1 Å². The Morgan fingerprint density at radius 3 is 2.45 bits per heavy atom. The van der Waals surface area contributed by atoms with E-state index < -0.39 is 0 Å². The molecule has 20 heavy (non-hydrogen) atoms. The summed E-state index contributed by atoms with van der Waals surface area (Å²) in [5.74, 6) is 0.987. The van der Waals surface area contributed by atoms with Gasteiger partial charge in [-0.2, -0.15) is 0 Å². The van der Waals surface area contributed by atoms with E-state index in [0.717, 1.165) is 31.2 Å². The van der Waals surface area contributed by atoms with Crippen LogP contribution in [-0.2, 0) is 4.74 Å². The van der Waals surface area contributed by atoms with Crippen LogP contribution in [0.25, 0.3) is 0 Å². The molecule has 0 bridgehead atoms. The summed E-state index contributed by atoms with van der Waals surface area (Å²) in [5.41, 5.74) is 1.22. The number of benzene rings is 1. The van der Waals surface area contributed by atoms with Crippen LogP contribution >= 0.6 is 11.6 Å². The molecule has 114 valence electrons. The average Bonchev–Trinajstić information content (AvgIpc) is 2.38. The fourth-order valence-corrected chi connectivity index (χ4v) is 2.39. The molecule has 0 radical (unpaired) electrons. The van der Waals surface area contributed by atoms with E-state index in [0.29, 0.717) is 17.9 Å². The Labute approximate surface area is 128 Å². The van der Waals surface area contributed by atoms with Gasteiger partial charge in [0, 0.05) is 36.7 Å². The van der Waals surface area contributed by atoms with Gasteiger partial charge in [-0.15, -0.1) is 0 Å². The van der Waals surface area contributed by atoms with Crippen LogP contribution in [0.4, 0.5) is 0 Å². The predicted octanol–water partition coefficient (Wildman–Crippen LogP) is 4.48. The summed E-state index contributed by atoms with van der Waals surface area (Å²) in [5, 5.41) is 4.36. The largest absolute Gasteiger partial charge is 0.381 e. The van der Waals surface area contributed by atoms with Crippen LogP contribution in [0.3, 0.4) is 0 Å². The molecule has 3 heteroatoms. The van der Waals surface area contributed by atoms with Crippen molar-refractivity contribution in [2.75, 3.05) is 19.8 Å². The molecular weight excluding hydrogens is 270 g/mol. The molecule has 0 saturated carbocycles. The van der Waals surface area contributed by atoms with Crippen LogP contribution in [0.5, 0.6) is 0 Å². The average molecular weight is 298 g/mol. The fourth-order valence-electron chi connectivity index (χ4n) is 2.10. The molecule has 1 rings (SSSR count). The Balaban J connectivity index is 2.58. The van der Waals surface area contributed by atoms with Crippen LogP contribution in [0.2, 0.25) is 5.02 Å². The van der Waals surface area contributed by atoms with Gasteiger partial charge in [0.15, 0.2) is 0 Å². The molecule has 0 spiro atoms. The van der Waals surface area contributed by atoms with Crippen molar-refractivity contribution in [1.82, 2.24) is 5.32 Å². The summed E-state index contributed by atoms with van der Waals surface area (Å²) >= 11 is 6.33. The first kappa shape index (κ1) is 17.5. The Morgan fingerprint density at radius 2 is 1.85 bits per heavy atom. The van der Waals surface area contributed by atoms with Crippen LogP contribution in [0.15, 0.2) is 24.3 Å². The predicted molar refractivity (Wildman–Crippen MR) is 87.6 cm³/mol. The van der Waals surface area contributed by atoms with Crippen molar-refractivity contribution >= 4 is 11.6 Å². The first-order chi connectivity index (χ1) is 9.50. The highest BCUT2D eigenvalue weighted by Crippen LogP contribution is 2.26. The van der Waals surface area contributed by atoms with Gasteiger partial charge in [-0.05, 0) is 24.0 Å². The second kappa shape index (κ2) is 9.38. The maximum atomic E-state index is 6.33. The molecular formula is C17H28ClNO. The van der Waals surface area contributed by atoms with E-state index in [2.05, 4.69) is 45.1 Å². The number of ether oxygens (including phenoxy) is 1. The zero-order valence-electron chi connectivity index (χ0n) is 13.2. The Bertz CT molecular complexity index is 379. The lowest BCUT2D eigenvalue weighted by Crippen LogP contribution is -2.28. The molecule has 2 nitrogen and oxygen atoms in total. The van der Waals surface area contributed by atoms with Crippen molar-refractivity contribution in [3.63, 3.8) is 0 Å². The van der Waals surface area contributed by atoms with Crippen molar-refractivity contribution in [2.45, 2.75) is 46.1 Å². The molecule has 1 aromatic rings. The summed E-state index contributed by atoms with van der Waals surface area (Å²) < 4.78 is 5.72. The molecule has 0 heterocycles. The van der Waals surface area contributed by atoms with Crippen molar-refractivity contribution in [3.05, 3.63) is 34.9 Å². The Hall–Kier alpha value is -0.570. The van der Waals surface area contributed by atoms with Gasteiger partial charge in [-0.25, -0.2) is 0 Å². The quantitative estimate of drug-likeness (QED) is 0.678. The zero-order valence-corrected chi connectivity index (χ0v) is 13.9. The zero-order chi connectivity index (χ0) is 15.0. The maximum Gasteiger partial charge on any atom is 0.0488 e. The number of nitrogens with one attached hydrogen (secondary N) is 1. The fraction of sp³-hybridized carbons (Fsp3) is 0.647. The monoisotopic (exact) mass is 297 g/mol. The summed E-state index contributed by atoms with van der Waals surface area (Å²) in [6.07, 6.45) is 0.996. The lowest BCUT2D eigenvalue weighted by molar-refractivity contribution is 0.103. The van der Waals surface area contributed by atoms with E-state index in [4.69, 9.17) is 16.3 Å². The number of hydrogen-bond donors (Lipinski definition) is 1. The molecule has 0 aliphatic carbocycles.